The molecule has 0 saturated heterocycles. The van der Waals surface area contributed by atoms with E-state index < -0.39 is 30.6 Å². The summed E-state index contributed by atoms with van der Waals surface area (Å²) in [5.74, 6) is -1.02. The van der Waals surface area contributed by atoms with Crippen LogP contribution in [0.5, 0.6) is 0 Å². The van der Waals surface area contributed by atoms with Crippen LogP contribution in [0.15, 0.2) is 0 Å². The maximum absolute atomic E-state index is 11.9. The Bertz CT molecular complexity index is 249. The molecule has 0 amide bonds. The first-order valence-corrected chi connectivity index (χ1v) is 5.58. The van der Waals surface area contributed by atoms with Crippen molar-refractivity contribution in [1.29, 1.82) is 0 Å². The second-order valence-electron chi connectivity index (χ2n) is 4.68. The van der Waals surface area contributed by atoms with Crippen molar-refractivity contribution < 1.29 is 23.4 Å². The summed E-state index contributed by atoms with van der Waals surface area (Å²) in [6.45, 7) is 6.10. The summed E-state index contributed by atoms with van der Waals surface area (Å²) in [7, 11) is 0. The number of alkyl halides is 2. The minimum atomic E-state index is -2.54. The summed E-state index contributed by atoms with van der Waals surface area (Å²) < 4.78 is 28.8. The van der Waals surface area contributed by atoms with E-state index in [1.165, 1.54) is 6.92 Å². The quantitative estimate of drug-likeness (QED) is 0.693. The molecule has 0 saturated carbocycles. The minimum Gasteiger partial charge on any atom is -0.480 e. The summed E-state index contributed by atoms with van der Waals surface area (Å²) >= 11 is 0. The molecule has 0 aliphatic rings. The first-order valence-electron chi connectivity index (χ1n) is 5.58. The molecule has 0 radical (unpaired) electrons. The summed E-state index contributed by atoms with van der Waals surface area (Å²) in [5.41, 5.74) is -1.17. The van der Waals surface area contributed by atoms with Gasteiger partial charge < -0.3 is 9.84 Å². The van der Waals surface area contributed by atoms with E-state index in [2.05, 4.69) is 5.32 Å². The molecule has 0 aliphatic heterocycles. The van der Waals surface area contributed by atoms with Crippen LogP contribution in [0.25, 0.3) is 0 Å². The Morgan fingerprint density at radius 2 is 1.94 bits per heavy atom. The van der Waals surface area contributed by atoms with Crippen molar-refractivity contribution in [2.24, 2.45) is 0 Å². The van der Waals surface area contributed by atoms with Gasteiger partial charge in [-0.15, -0.1) is 0 Å². The predicted molar refractivity (Wildman–Crippen MR) is 60.3 cm³/mol. The van der Waals surface area contributed by atoms with Crippen LogP contribution in [0.4, 0.5) is 8.78 Å². The number of aliphatic carboxylic acids is 1. The molecule has 0 rings (SSSR count). The van der Waals surface area contributed by atoms with Gasteiger partial charge in [0.25, 0.3) is 6.43 Å². The highest BCUT2D eigenvalue weighted by Gasteiger charge is 2.35. The van der Waals surface area contributed by atoms with E-state index in [0.29, 0.717) is 0 Å². The molecule has 0 heterocycles. The Morgan fingerprint density at radius 3 is 2.29 bits per heavy atom. The van der Waals surface area contributed by atoms with Gasteiger partial charge in [0, 0.05) is 12.5 Å². The van der Waals surface area contributed by atoms with Crippen LogP contribution in [-0.4, -0.2) is 41.8 Å². The van der Waals surface area contributed by atoms with E-state index in [9.17, 15) is 13.6 Å². The van der Waals surface area contributed by atoms with Crippen LogP contribution in [0.3, 0.4) is 0 Å². The van der Waals surface area contributed by atoms with Crippen molar-refractivity contribution in [3.8, 4) is 0 Å². The molecule has 6 heteroatoms. The Hall–Kier alpha value is -0.750. The predicted octanol–water partition coefficient (Wildman–Crippen LogP) is 1.89. The number of carbonyl (C=O) groups is 1. The molecule has 0 bridgehead atoms. The highest BCUT2D eigenvalue weighted by atomic mass is 19.3. The fourth-order valence-corrected chi connectivity index (χ4v) is 1.72. The number of nitrogens with one attached hydrogen (secondary N) is 1. The highest BCUT2D eigenvalue weighted by molar-refractivity contribution is 5.78. The topological polar surface area (TPSA) is 58.6 Å². The first-order chi connectivity index (χ1) is 7.67. The van der Waals surface area contributed by atoms with Crippen molar-refractivity contribution in [3.05, 3.63) is 0 Å². The number of ether oxygens (including phenoxy) is 1. The van der Waals surface area contributed by atoms with Crippen molar-refractivity contribution >= 4 is 5.97 Å². The first kappa shape index (κ1) is 16.2. The van der Waals surface area contributed by atoms with Gasteiger partial charge in [-0.05, 0) is 27.7 Å². The van der Waals surface area contributed by atoms with Crippen molar-refractivity contribution in [3.63, 3.8) is 0 Å². The summed E-state index contributed by atoms with van der Waals surface area (Å²) in [4.78, 5) is 11.2. The molecule has 2 atom stereocenters. The maximum atomic E-state index is 11.9. The third kappa shape index (κ3) is 6.53. The Labute approximate surface area is 100 Å². The Balaban J connectivity index is 4.38. The molecule has 0 aromatic rings. The molecular weight excluding hydrogens is 232 g/mol. The highest BCUT2D eigenvalue weighted by Crippen LogP contribution is 2.16. The smallest absolute Gasteiger partial charge is 0.323 e. The van der Waals surface area contributed by atoms with Gasteiger partial charge in [-0.25, -0.2) is 8.78 Å². The SMILES string of the molecule is CC(C)NC(C)(CC(C)OCC(F)F)C(=O)O. The van der Waals surface area contributed by atoms with Gasteiger partial charge in [0.2, 0.25) is 0 Å². The second kappa shape index (κ2) is 6.86. The molecule has 2 N–H and O–H groups in total. The lowest BCUT2D eigenvalue weighted by molar-refractivity contribution is -0.146. The Kier molecular flexibility index (Phi) is 6.56. The van der Waals surface area contributed by atoms with Gasteiger partial charge in [-0.1, -0.05) is 0 Å². The zero-order valence-electron chi connectivity index (χ0n) is 10.7. The van der Waals surface area contributed by atoms with Crippen molar-refractivity contribution in [1.82, 2.24) is 5.32 Å². The molecular formula is C11H21F2NO3. The number of hydrogen-bond acceptors (Lipinski definition) is 3. The van der Waals surface area contributed by atoms with Gasteiger partial charge in [0.05, 0.1) is 6.10 Å². The molecule has 17 heavy (non-hydrogen) atoms. The lowest BCUT2D eigenvalue weighted by atomic mass is 9.94. The largest absolute Gasteiger partial charge is 0.480 e. The standard InChI is InChI=1S/C11H21F2NO3/c1-7(2)14-11(4,10(15)16)5-8(3)17-6-9(12)13/h7-9,14H,5-6H2,1-4H3,(H,15,16). The zero-order chi connectivity index (χ0) is 13.6. The van der Waals surface area contributed by atoms with Gasteiger partial charge >= 0.3 is 5.97 Å². The van der Waals surface area contributed by atoms with E-state index in [0.717, 1.165) is 0 Å². The molecule has 2 unspecified atom stereocenters. The van der Waals surface area contributed by atoms with Gasteiger partial charge in [0.15, 0.2) is 0 Å². The van der Waals surface area contributed by atoms with Crippen LogP contribution < -0.4 is 5.32 Å². The van der Waals surface area contributed by atoms with Crippen LogP contribution in [0.2, 0.25) is 0 Å². The summed E-state index contributed by atoms with van der Waals surface area (Å²) in [6, 6.07) is -0.0154. The van der Waals surface area contributed by atoms with E-state index in [1.54, 1.807) is 6.92 Å². The molecule has 102 valence electrons. The van der Waals surface area contributed by atoms with Crippen LogP contribution >= 0.6 is 0 Å². The molecule has 0 fully saturated rings. The molecule has 0 spiro atoms. The van der Waals surface area contributed by atoms with Gasteiger partial charge in [-0.3, -0.25) is 10.1 Å². The lowest BCUT2D eigenvalue weighted by Gasteiger charge is -2.31. The third-order valence-corrected chi connectivity index (χ3v) is 2.28. The molecule has 0 aromatic carbocycles. The Morgan fingerprint density at radius 1 is 1.41 bits per heavy atom. The number of carboxylic acid groups (broad SMARTS) is 1. The number of hydrogen-bond donors (Lipinski definition) is 2. The van der Waals surface area contributed by atoms with E-state index in [1.807, 2.05) is 13.8 Å². The van der Waals surface area contributed by atoms with Crippen molar-refractivity contribution in [2.45, 2.75) is 58.2 Å². The fraction of sp³-hybridized carbons (Fsp3) is 0.909. The average molecular weight is 253 g/mol. The summed E-state index contributed by atoms with van der Waals surface area (Å²) in [6.07, 6.45) is -2.95. The molecule has 0 aromatic heterocycles. The molecule has 0 aliphatic carbocycles. The van der Waals surface area contributed by atoms with Crippen LogP contribution in [-0.2, 0) is 9.53 Å². The molecule has 4 nitrogen and oxygen atoms in total. The monoisotopic (exact) mass is 253 g/mol. The minimum absolute atomic E-state index is 0.0154. The van der Waals surface area contributed by atoms with Gasteiger partial charge in [-0.2, -0.15) is 0 Å². The van der Waals surface area contributed by atoms with Crippen LogP contribution in [0, 0.1) is 0 Å². The van der Waals surface area contributed by atoms with E-state index in [4.69, 9.17) is 9.84 Å². The zero-order valence-corrected chi connectivity index (χ0v) is 10.7. The van der Waals surface area contributed by atoms with E-state index >= 15 is 0 Å². The summed E-state index contributed by atoms with van der Waals surface area (Å²) in [5, 5.41) is 12.0. The average Bonchev–Trinajstić information content (AvgIpc) is 2.12. The van der Waals surface area contributed by atoms with Gasteiger partial charge in [0.1, 0.15) is 12.1 Å². The fourth-order valence-electron chi connectivity index (χ4n) is 1.72. The maximum Gasteiger partial charge on any atom is 0.323 e. The van der Waals surface area contributed by atoms with E-state index in [-0.39, 0.29) is 12.5 Å². The number of rotatable bonds is 8. The lowest BCUT2D eigenvalue weighted by Crippen LogP contribution is -2.54. The van der Waals surface area contributed by atoms with Crippen molar-refractivity contribution in [2.75, 3.05) is 6.61 Å². The normalized spacial score (nSPS) is 17.2. The van der Waals surface area contributed by atoms with Crippen LogP contribution in [0.1, 0.15) is 34.1 Å². The number of carboxylic acids is 1. The second-order valence-corrected chi connectivity index (χ2v) is 4.68. The third-order valence-electron chi connectivity index (χ3n) is 2.28. The number of halogens is 2.